The van der Waals surface area contributed by atoms with Gasteiger partial charge < -0.3 is 10.2 Å². The summed E-state index contributed by atoms with van der Waals surface area (Å²) in [5, 5.41) is 3.40. The molecule has 0 heterocycles. The lowest BCUT2D eigenvalue weighted by molar-refractivity contribution is -0.140. The van der Waals surface area contributed by atoms with Crippen LogP contribution in [0.2, 0.25) is 5.02 Å². The minimum atomic E-state index is -4.16. The molecule has 41 heavy (non-hydrogen) atoms. The van der Waals surface area contributed by atoms with Crippen LogP contribution >= 0.6 is 11.6 Å². The first-order valence-electron chi connectivity index (χ1n) is 13.9. The topological polar surface area (TPSA) is 86.8 Å². The van der Waals surface area contributed by atoms with Crippen molar-refractivity contribution >= 4 is 39.1 Å². The van der Waals surface area contributed by atoms with Gasteiger partial charge in [0.2, 0.25) is 11.8 Å². The van der Waals surface area contributed by atoms with E-state index < -0.39 is 28.5 Å². The van der Waals surface area contributed by atoms with Crippen LogP contribution < -0.4 is 9.62 Å². The van der Waals surface area contributed by atoms with Crippen molar-refractivity contribution in [3.8, 4) is 0 Å². The van der Waals surface area contributed by atoms with Crippen molar-refractivity contribution in [2.75, 3.05) is 10.8 Å². The number of hydrogen-bond donors (Lipinski definition) is 1. The van der Waals surface area contributed by atoms with Crippen molar-refractivity contribution in [2.24, 2.45) is 0 Å². The molecule has 0 spiro atoms. The van der Waals surface area contributed by atoms with Crippen molar-refractivity contribution in [2.45, 2.75) is 77.9 Å². The maximum absolute atomic E-state index is 14.2. The Morgan fingerprint density at radius 3 is 2.12 bits per heavy atom. The van der Waals surface area contributed by atoms with E-state index in [4.69, 9.17) is 11.6 Å². The van der Waals surface area contributed by atoms with Crippen molar-refractivity contribution in [3.63, 3.8) is 0 Å². The van der Waals surface area contributed by atoms with E-state index in [9.17, 15) is 18.0 Å². The number of nitrogens with one attached hydrogen (secondary N) is 1. The third-order valence-electron chi connectivity index (χ3n) is 7.45. The number of aryl methyl sites for hydroxylation is 3. The highest BCUT2D eigenvalue weighted by atomic mass is 35.5. The summed E-state index contributed by atoms with van der Waals surface area (Å²) in [5.74, 6) is -0.739. The van der Waals surface area contributed by atoms with Gasteiger partial charge in [0.15, 0.2) is 0 Å². The molecule has 0 saturated heterocycles. The molecule has 0 aliphatic carbocycles. The van der Waals surface area contributed by atoms with E-state index in [0.717, 1.165) is 33.0 Å². The van der Waals surface area contributed by atoms with Crippen molar-refractivity contribution in [1.29, 1.82) is 0 Å². The average Bonchev–Trinajstić information content (AvgIpc) is 2.94. The van der Waals surface area contributed by atoms with E-state index >= 15 is 0 Å². The van der Waals surface area contributed by atoms with Gasteiger partial charge in [-0.2, -0.15) is 0 Å². The molecule has 0 saturated carbocycles. The Morgan fingerprint density at radius 1 is 0.878 bits per heavy atom. The Morgan fingerprint density at radius 2 is 1.54 bits per heavy atom. The van der Waals surface area contributed by atoms with Gasteiger partial charge in [-0.1, -0.05) is 55.8 Å². The molecular formula is C32H40ClN3O4S. The summed E-state index contributed by atoms with van der Waals surface area (Å²) in [4.78, 5) is 29.1. The van der Waals surface area contributed by atoms with Crippen molar-refractivity contribution < 1.29 is 18.0 Å². The van der Waals surface area contributed by atoms with E-state index in [1.54, 1.807) is 12.1 Å². The first kappa shape index (κ1) is 32.2. The number of carbonyl (C=O) groups is 2. The van der Waals surface area contributed by atoms with Gasteiger partial charge in [0.25, 0.3) is 10.0 Å². The Bertz CT molecular complexity index is 1470. The minimum Gasteiger partial charge on any atom is -0.352 e. The first-order valence-corrected chi connectivity index (χ1v) is 15.7. The summed E-state index contributed by atoms with van der Waals surface area (Å²) in [7, 11) is -4.16. The highest BCUT2D eigenvalue weighted by Gasteiger charge is 2.34. The highest BCUT2D eigenvalue weighted by Crippen LogP contribution is 2.27. The van der Waals surface area contributed by atoms with Gasteiger partial charge in [-0.05, 0) is 99.2 Å². The Balaban J connectivity index is 2.10. The van der Waals surface area contributed by atoms with Crippen LogP contribution in [0.1, 0.15) is 55.9 Å². The monoisotopic (exact) mass is 597 g/mol. The second-order valence-electron chi connectivity index (χ2n) is 10.4. The fourth-order valence-corrected chi connectivity index (χ4v) is 6.01. The Labute approximate surface area is 249 Å². The second-order valence-corrected chi connectivity index (χ2v) is 12.7. The van der Waals surface area contributed by atoms with Gasteiger partial charge >= 0.3 is 0 Å². The smallest absolute Gasteiger partial charge is 0.264 e. The summed E-state index contributed by atoms with van der Waals surface area (Å²) < 4.78 is 29.1. The summed E-state index contributed by atoms with van der Waals surface area (Å²) >= 11 is 6.03. The Hall–Kier alpha value is -3.36. The SMILES string of the molecule is CC[C@H](C(=O)N[C@@H](C)CC)N(Cc1ccccc1C)C(=O)CN(c1ccc(C)c(C)c1)S(=O)(=O)c1ccc(Cl)cc1. The fourth-order valence-electron chi connectivity index (χ4n) is 4.47. The lowest BCUT2D eigenvalue weighted by atomic mass is 10.1. The number of sulfonamides is 1. The third-order valence-corrected chi connectivity index (χ3v) is 9.49. The number of rotatable bonds is 12. The van der Waals surface area contributed by atoms with Crippen LogP contribution in [-0.4, -0.2) is 43.8 Å². The zero-order valence-corrected chi connectivity index (χ0v) is 26.2. The van der Waals surface area contributed by atoms with Crippen LogP contribution in [0.5, 0.6) is 0 Å². The summed E-state index contributed by atoms with van der Waals surface area (Å²) in [6.07, 6.45) is 1.11. The van der Waals surface area contributed by atoms with Crippen LogP contribution in [0.25, 0.3) is 0 Å². The molecule has 220 valence electrons. The Kier molecular flexibility index (Phi) is 11.0. The maximum atomic E-state index is 14.2. The second kappa shape index (κ2) is 14.0. The number of amides is 2. The first-order chi connectivity index (χ1) is 19.4. The summed E-state index contributed by atoms with van der Waals surface area (Å²) in [5.41, 5.74) is 4.11. The molecule has 0 aliphatic heterocycles. The number of anilines is 1. The molecule has 1 N–H and O–H groups in total. The van der Waals surface area contributed by atoms with Gasteiger partial charge in [-0.3, -0.25) is 13.9 Å². The quantitative estimate of drug-likeness (QED) is 0.270. The lowest BCUT2D eigenvalue weighted by Gasteiger charge is -2.34. The number of benzene rings is 3. The molecule has 3 aromatic carbocycles. The molecule has 0 aromatic heterocycles. The molecule has 3 rings (SSSR count). The predicted octanol–water partition coefficient (Wildman–Crippen LogP) is 6.18. The highest BCUT2D eigenvalue weighted by molar-refractivity contribution is 7.92. The van der Waals surface area contributed by atoms with Gasteiger partial charge in [-0.25, -0.2) is 8.42 Å². The molecule has 0 unspecified atom stereocenters. The number of carbonyl (C=O) groups excluding carboxylic acids is 2. The molecule has 2 amide bonds. The zero-order valence-electron chi connectivity index (χ0n) is 24.6. The molecule has 0 radical (unpaired) electrons. The van der Waals surface area contributed by atoms with Crippen LogP contribution in [0.3, 0.4) is 0 Å². The van der Waals surface area contributed by atoms with Gasteiger partial charge in [0.05, 0.1) is 10.6 Å². The molecule has 7 nitrogen and oxygen atoms in total. The van der Waals surface area contributed by atoms with Gasteiger partial charge in [0, 0.05) is 17.6 Å². The molecular weight excluding hydrogens is 558 g/mol. The maximum Gasteiger partial charge on any atom is 0.264 e. The van der Waals surface area contributed by atoms with Crippen LogP contribution in [0, 0.1) is 20.8 Å². The van der Waals surface area contributed by atoms with Crippen LogP contribution in [0.15, 0.2) is 71.6 Å². The lowest BCUT2D eigenvalue weighted by Crippen LogP contribution is -2.53. The molecule has 2 atom stereocenters. The largest absolute Gasteiger partial charge is 0.352 e. The zero-order chi connectivity index (χ0) is 30.3. The summed E-state index contributed by atoms with van der Waals surface area (Å²) in [6.45, 7) is 11.2. The van der Waals surface area contributed by atoms with Gasteiger partial charge in [0.1, 0.15) is 12.6 Å². The van der Waals surface area contributed by atoms with E-state index in [-0.39, 0.29) is 23.4 Å². The minimum absolute atomic E-state index is 0.0138. The average molecular weight is 598 g/mol. The standard InChI is InChI=1S/C32H40ClN3O4S/c1-7-25(6)34-32(38)30(8-2)35(20-26-12-10-9-11-23(26)4)31(37)21-36(28-16-13-22(3)24(5)19-28)41(39,40)29-17-14-27(33)15-18-29/h9-19,25,30H,7-8,20-21H2,1-6H3,(H,34,38)/t25-,30+/m0/s1. The van der Waals surface area contributed by atoms with E-state index in [1.807, 2.05) is 71.9 Å². The third kappa shape index (κ3) is 7.89. The molecule has 0 fully saturated rings. The predicted molar refractivity (Wildman–Crippen MR) is 166 cm³/mol. The number of halogens is 1. The molecule has 0 aliphatic rings. The van der Waals surface area contributed by atoms with Crippen molar-refractivity contribution in [3.05, 3.63) is 94.0 Å². The van der Waals surface area contributed by atoms with E-state index in [2.05, 4.69) is 5.32 Å². The molecule has 3 aromatic rings. The normalized spacial score (nSPS) is 12.9. The summed E-state index contributed by atoms with van der Waals surface area (Å²) in [6, 6.07) is 18.0. The van der Waals surface area contributed by atoms with Crippen molar-refractivity contribution in [1.82, 2.24) is 10.2 Å². The molecule has 0 bridgehead atoms. The van der Waals surface area contributed by atoms with Crippen LogP contribution in [0.4, 0.5) is 5.69 Å². The number of hydrogen-bond acceptors (Lipinski definition) is 4. The molecule has 9 heteroatoms. The fraction of sp³-hybridized carbons (Fsp3) is 0.375. The van der Waals surface area contributed by atoms with Gasteiger partial charge in [-0.15, -0.1) is 0 Å². The van der Waals surface area contributed by atoms with Crippen LogP contribution in [-0.2, 0) is 26.2 Å². The number of nitrogens with zero attached hydrogens (tertiary/aromatic N) is 2. The van der Waals surface area contributed by atoms with E-state index in [1.165, 1.54) is 29.2 Å². The van der Waals surface area contributed by atoms with E-state index in [0.29, 0.717) is 17.1 Å².